The Morgan fingerprint density at radius 2 is 1.62 bits per heavy atom. The van der Waals surface area contributed by atoms with Gasteiger partial charge in [-0.15, -0.1) is 5.06 Å². The molecule has 0 atom stereocenters. The maximum absolute atomic E-state index is 12.4. The minimum atomic E-state index is -0.468. The normalized spacial score (nSPS) is 22.9. The van der Waals surface area contributed by atoms with Crippen molar-refractivity contribution in [2.75, 3.05) is 29.0 Å². The van der Waals surface area contributed by atoms with Crippen molar-refractivity contribution in [3.8, 4) is 0 Å². The van der Waals surface area contributed by atoms with E-state index in [0.717, 1.165) is 79.6 Å². The fourth-order valence-electron chi connectivity index (χ4n) is 6.16. The molecule has 40 heavy (non-hydrogen) atoms. The summed E-state index contributed by atoms with van der Waals surface area (Å²) < 4.78 is 2.25. The average Bonchev–Trinajstić information content (AvgIpc) is 3.63. The van der Waals surface area contributed by atoms with Crippen molar-refractivity contribution in [1.29, 1.82) is 0 Å². The Bertz CT molecular complexity index is 1290. The Labute approximate surface area is 235 Å². The molecule has 1 saturated heterocycles. The van der Waals surface area contributed by atoms with E-state index in [1.54, 1.807) is 5.06 Å². The number of anilines is 3. The number of carbonyl (C=O) groups excluding carboxylic acids is 1. The number of fused-ring (bicyclic) bond motifs is 1. The molecule has 11 heteroatoms. The number of nitrogens with zero attached hydrogens (tertiary/aromatic N) is 5. The molecule has 1 amide bonds. The molecule has 5 N–H and O–H groups in total. The Balaban J connectivity index is 1.11. The van der Waals surface area contributed by atoms with E-state index in [-0.39, 0.29) is 6.04 Å². The number of piperidine rings is 1. The van der Waals surface area contributed by atoms with Gasteiger partial charge in [0.25, 0.3) is 0 Å². The highest BCUT2D eigenvalue weighted by Crippen LogP contribution is 2.34. The molecule has 2 saturated carbocycles. The van der Waals surface area contributed by atoms with Gasteiger partial charge >= 0.3 is 6.09 Å². The largest absolute Gasteiger partial charge is 0.430 e. The maximum Gasteiger partial charge on any atom is 0.430 e. The van der Waals surface area contributed by atoms with E-state index in [1.807, 2.05) is 37.5 Å². The average molecular weight is 548 g/mol. The topological polar surface area (TPSA) is 135 Å². The monoisotopic (exact) mass is 547 g/mol. The molecule has 2 aliphatic carbocycles. The van der Waals surface area contributed by atoms with Crippen LogP contribution in [0.15, 0.2) is 30.6 Å². The standard InChI is InChI=1S/C29H41N9O2/c1-19-6-10-22(11-7-19)34-29(39)40-37-16-14-23(15-17-37)32-26-25-27(38(18-31-25)24-4-2-3-5-24)36-28(35-26)33-21-12-8-20(30)9-13-21/h6-7,10-11,18,20-21,23-24H,2-5,8-9,12-17,30H2,1H3,(H,34,39)(H2,32,33,35,36). The van der Waals surface area contributed by atoms with Crippen LogP contribution in [0.3, 0.4) is 0 Å². The van der Waals surface area contributed by atoms with Crippen LogP contribution in [0, 0.1) is 6.92 Å². The van der Waals surface area contributed by atoms with Gasteiger partial charge in [0, 0.05) is 42.9 Å². The summed E-state index contributed by atoms with van der Waals surface area (Å²) in [5.74, 6) is 1.43. The molecule has 6 rings (SSSR count). The highest BCUT2D eigenvalue weighted by molar-refractivity contribution is 5.85. The van der Waals surface area contributed by atoms with Crippen molar-refractivity contribution in [2.24, 2.45) is 5.73 Å². The lowest BCUT2D eigenvalue weighted by Crippen LogP contribution is -2.41. The number of aromatic nitrogens is 4. The highest BCUT2D eigenvalue weighted by atomic mass is 16.7. The predicted octanol–water partition coefficient (Wildman–Crippen LogP) is 4.97. The molecule has 1 aliphatic heterocycles. The van der Waals surface area contributed by atoms with E-state index in [2.05, 4.69) is 20.5 Å². The number of imidazole rings is 1. The number of hydrogen-bond acceptors (Lipinski definition) is 9. The molecular formula is C29H41N9O2. The first-order valence-electron chi connectivity index (χ1n) is 14.8. The number of hydrogen-bond donors (Lipinski definition) is 4. The molecule has 0 radical (unpaired) electrons. The Morgan fingerprint density at radius 3 is 2.35 bits per heavy atom. The van der Waals surface area contributed by atoms with Gasteiger partial charge in [-0.1, -0.05) is 30.5 Å². The van der Waals surface area contributed by atoms with E-state index < -0.39 is 6.09 Å². The van der Waals surface area contributed by atoms with E-state index in [1.165, 1.54) is 12.8 Å². The molecule has 3 fully saturated rings. The smallest absolute Gasteiger partial charge is 0.365 e. The minimum Gasteiger partial charge on any atom is -0.365 e. The highest BCUT2D eigenvalue weighted by Gasteiger charge is 2.27. The summed E-state index contributed by atoms with van der Waals surface area (Å²) in [5.41, 5.74) is 9.70. The third-order valence-electron chi connectivity index (χ3n) is 8.55. The Kier molecular flexibility index (Phi) is 8.01. The lowest BCUT2D eigenvalue weighted by atomic mass is 9.92. The molecule has 0 bridgehead atoms. The van der Waals surface area contributed by atoms with Crippen LogP contribution in [-0.2, 0) is 4.84 Å². The molecule has 3 aromatic rings. The first-order valence-corrected chi connectivity index (χ1v) is 14.8. The van der Waals surface area contributed by atoms with Crippen molar-refractivity contribution in [1.82, 2.24) is 24.6 Å². The summed E-state index contributed by atoms with van der Waals surface area (Å²) in [6, 6.07) is 8.92. The lowest BCUT2D eigenvalue weighted by molar-refractivity contribution is -0.106. The van der Waals surface area contributed by atoms with E-state index in [9.17, 15) is 4.79 Å². The van der Waals surface area contributed by atoms with E-state index >= 15 is 0 Å². The van der Waals surface area contributed by atoms with Crippen LogP contribution in [0.25, 0.3) is 11.2 Å². The molecule has 214 valence electrons. The summed E-state index contributed by atoms with van der Waals surface area (Å²) >= 11 is 0. The summed E-state index contributed by atoms with van der Waals surface area (Å²) in [5, 5.41) is 11.8. The molecule has 1 aromatic carbocycles. The Morgan fingerprint density at radius 1 is 0.925 bits per heavy atom. The quantitative estimate of drug-likeness (QED) is 0.323. The molecular weight excluding hydrogens is 506 g/mol. The predicted molar refractivity (Wildman–Crippen MR) is 156 cm³/mol. The van der Waals surface area contributed by atoms with Crippen LogP contribution in [0.5, 0.6) is 0 Å². The fourth-order valence-corrected chi connectivity index (χ4v) is 6.16. The number of rotatable bonds is 7. The second kappa shape index (κ2) is 12.0. The van der Waals surface area contributed by atoms with Gasteiger partial charge in [0.15, 0.2) is 17.0 Å². The number of amides is 1. The molecule has 0 spiro atoms. The first kappa shape index (κ1) is 26.8. The van der Waals surface area contributed by atoms with Gasteiger partial charge in [0.05, 0.1) is 6.33 Å². The summed E-state index contributed by atoms with van der Waals surface area (Å²) in [6.45, 7) is 3.28. The van der Waals surface area contributed by atoms with E-state index in [4.69, 9.17) is 25.5 Å². The molecule has 0 unspecified atom stereocenters. The maximum atomic E-state index is 12.4. The van der Waals surface area contributed by atoms with Crippen molar-refractivity contribution in [3.63, 3.8) is 0 Å². The molecule has 3 aliphatic rings. The summed E-state index contributed by atoms with van der Waals surface area (Å²) in [6.07, 6.45) is 12.0. The molecule has 3 heterocycles. The number of aryl methyl sites for hydroxylation is 1. The third kappa shape index (κ3) is 6.31. The number of benzene rings is 1. The second-order valence-electron chi connectivity index (χ2n) is 11.6. The van der Waals surface area contributed by atoms with Crippen LogP contribution in [-0.4, -0.2) is 61.9 Å². The van der Waals surface area contributed by atoms with Gasteiger partial charge < -0.3 is 25.8 Å². The number of nitrogens with two attached hydrogens (primary N) is 1. The van der Waals surface area contributed by atoms with Crippen molar-refractivity contribution in [3.05, 3.63) is 36.2 Å². The summed E-state index contributed by atoms with van der Waals surface area (Å²) in [7, 11) is 0. The van der Waals surface area contributed by atoms with Crippen LogP contribution in [0.2, 0.25) is 0 Å². The van der Waals surface area contributed by atoms with Gasteiger partial charge in [-0.3, -0.25) is 5.32 Å². The molecule has 2 aromatic heterocycles. The van der Waals surface area contributed by atoms with Gasteiger partial charge in [-0.25, -0.2) is 9.78 Å². The zero-order valence-electron chi connectivity index (χ0n) is 23.3. The van der Waals surface area contributed by atoms with Crippen LogP contribution >= 0.6 is 0 Å². The van der Waals surface area contributed by atoms with Gasteiger partial charge in [-0.2, -0.15) is 9.97 Å². The number of hydroxylamine groups is 2. The third-order valence-corrected chi connectivity index (χ3v) is 8.55. The summed E-state index contributed by atoms with van der Waals surface area (Å²) in [4.78, 5) is 32.6. The van der Waals surface area contributed by atoms with Gasteiger partial charge in [0.2, 0.25) is 5.95 Å². The van der Waals surface area contributed by atoms with Crippen LogP contribution in [0.4, 0.5) is 22.2 Å². The van der Waals surface area contributed by atoms with Crippen molar-refractivity contribution >= 4 is 34.7 Å². The second-order valence-corrected chi connectivity index (χ2v) is 11.6. The fraction of sp³-hybridized carbons (Fsp3) is 0.586. The SMILES string of the molecule is Cc1ccc(NC(=O)ON2CCC(Nc3nc(NC4CCC(N)CC4)nc4c3ncn4C3CCCC3)CC2)cc1. The zero-order chi connectivity index (χ0) is 27.5. The molecule has 11 nitrogen and oxygen atoms in total. The first-order chi connectivity index (χ1) is 19.5. The van der Waals surface area contributed by atoms with Crippen LogP contribution in [0.1, 0.15) is 75.8 Å². The van der Waals surface area contributed by atoms with E-state index in [0.29, 0.717) is 37.2 Å². The lowest BCUT2D eigenvalue weighted by Gasteiger charge is -2.31. The van der Waals surface area contributed by atoms with Crippen molar-refractivity contribution < 1.29 is 9.63 Å². The van der Waals surface area contributed by atoms with Crippen LogP contribution < -0.4 is 21.7 Å². The number of carbonyl (C=O) groups is 1. The van der Waals surface area contributed by atoms with Crippen molar-refractivity contribution in [2.45, 2.75) is 95.3 Å². The Hall–Kier alpha value is -3.44. The zero-order valence-corrected chi connectivity index (χ0v) is 23.3. The minimum absolute atomic E-state index is 0.190. The van der Waals surface area contributed by atoms with Gasteiger partial charge in [-0.05, 0) is 70.4 Å². The number of nitrogens with one attached hydrogen (secondary N) is 3. The van der Waals surface area contributed by atoms with Gasteiger partial charge in [0.1, 0.15) is 0 Å².